The lowest BCUT2D eigenvalue weighted by molar-refractivity contribution is 1.07. The van der Waals surface area contributed by atoms with E-state index in [1.807, 2.05) is 6.07 Å². The number of aromatic nitrogens is 3. The Balaban J connectivity index is 2.67. The average molecular weight is 162 g/mol. The molecule has 0 bridgehead atoms. The first kappa shape index (κ1) is 7.09. The molecule has 2 aromatic rings. The van der Waals surface area contributed by atoms with Gasteiger partial charge in [-0.2, -0.15) is 0 Å². The molecule has 4 heteroatoms. The summed E-state index contributed by atoms with van der Waals surface area (Å²) in [6, 6.07) is 1.99. The largest absolute Gasteiger partial charge is 0.382 e. The van der Waals surface area contributed by atoms with Crippen molar-refractivity contribution in [1.82, 2.24) is 15.0 Å². The predicted molar refractivity (Wildman–Crippen MR) is 47.7 cm³/mol. The Morgan fingerprint density at radius 1 is 1.58 bits per heavy atom. The Bertz CT molecular complexity index is 404. The molecule has 3 N–H and O–H groups in total. The van der Waals surface area contributed by atoms with E-state index >= 15 is 0 Å². The first-order valence-electron chi connectivity index (χ1n) is 3.89. The maximum absolute atomic E-state index is 5.48. The minimum atomic E-state index is 0.451. The molecule has 4 nitrogen and oxygen atoms in total. The van der Waals surface area contributed by atoms with Crippen LogP contribution in [0.3, 0.4) is 0 Å². The van der Waals surface area contributed by atoms with Crippen LogP contribution in [0.5, 0.6) is 0 Å². The summed E-state index contributed by atoms with van der Waals surface area (Å²) in [4.78, 5) is 11.4. The first-order valence-corrected chi connectivity index (χ1v) is 3.89. The Labute approximate surface area is 69.8 Å². The average Bonchev–Trinajstić information content (AvgIpc) is 2.46. The number of hydrogen-bond donors (Lipinski definition) is 2. The van der Waals surface area contributed by atoms with Crippen molar-refractivity contribution in [1.29, 1.82) is 0 Å². The lowest BCUT2D eigenvalue weighted by Gasteiger charge is -1.89. The molecule has 0 aliphatic rings. The van der Waals surface area contributed by atoms with E-state index in [4.69, 9.17) is 5.73 Å². The first-order chi connectivity index (χ1) is 5.79. The van der Waals surface area contributed by atoms with Crippen molar-refractivity contribution in [2.45, 2.75) is 13.3 Å². The molecule has 62 valence electrons. The molecule has 0 aromatic carbocycles. The van der Waals surface area contributed by atoms with Gasteiger partial charge in [0.2, 0.25) is 0 Å². The van der Waals surface area contributed by atoms with Gasteiger partial charge in [-0.05, 0) is 12.5 Å². The van der Waals surface area contributed by atoms with Crippen LogP contribution in [0.2, 0.25) is 0 Å². The van der Waals surface area contributed by atoms with Gasteiger partial charge < -0.3 is 10.7 Å². The number of aromatic amines is 1. The molecule has 2 aromatic heterocycles. The Morgan fingerprint density at radius 3 is 3.17 bits per heavy atom. The molecule has 0 saturated heterocycles. The summed E-state index contributed by atoms with van der Waals surface area (Å²) < 4.78 is 0. The van der Waals surface area contributed by atoms with Gasteiger partial charge in [-0.15, -0.1) is 0 Å². The van der Waals surface area contributed by atoms with Crippen LogP contribution in [-0.4, -0.2) is 15.0 Å². The fourth-order valence-corrected chi connectivity index (χ4v) is 1.15. The molecule has 0 aliphatic heterocycles. The molecular weight excluding hydrogens is 152 g/mol. The number of anilines is 1. The van der Waals surface area contributed by atoms with Crippen LogP contribution < -0.4 is 5.73 Å². The third-order valence-electron chi connectivity index (χ3n) is 1.79. The molecule has 0 amide bonds. The zero-order valence-electron chi connectivity index (χ0n) is 6.83. The van der Waals surface area contributed by atoms with E-state index in [0.29, 0.717) is 5.82 Å². The van der Waals surface area contributed by atoms with Crippen molar-refractivity contribution in [3.05, 3.63) is 18.0 Å². The summed E-state index contributed by atoms with van der Waals surface area (Å²) in [5, 5.41) is 0. The highest BCUT2D eigenvalue weighted by Crippen LogP contribution is 2.11. The number of aryl methyl sites for hydroxylation is 1. The lowest BCUT2D eigenvalue weighted by atomic mass is 10.3. The van der Waals surface area contributed by atoms with E-state index in [1.54, 1.807) is 6.20 Å². The van der Waals surface area contributed by atoms with Gasteiger partial charge >= 0.3 is 0 Å². The molecule has 0 fully saturated rings. The summed E-state index contributed by atoms with van der Waals surface area (Å²) in [6.45, 7) is 2.08. The Morgan fingerprint density at radius 2 is 2.42 bits per heavy atom. The van der Waals surface area contributed by atoms with Gasteiger partial charge in [-0.1, -0.05) is 6.92 Å². The van der Waals surface area contributed by atoms with Crippen molar-refractivity contribution in [2.75, 3.05) is 5.73 Å². The molecule has 0 radical (unpaired) electrons. The highest BCUT2D eigenvalue weighted by molar-refractivity contribution is 5.72. The van der Waals surface area contributed by atoms with Gasteiger partial charge in [0, 0.05) is 5.69 Å². The standard InChI is InChI=1S/C8H10N4/c1-2-5-3-6-8(11-5)12-7(9)4-10-6/h3-4H,2H2,1H3,(H3,9,11,12). The number of nitrogens with zero attached hydrogens (tertiary/aromatic N) is 2. The monoisotopic (exact) mass is 162 g/mol. The number of rotatable bonds is 1. The smallest absolute Gasteiger partial charge is 0.158 e. The predicted octanol–water partition coefficient (Wildman–Crippen LogP) is 1.10. The van der Waals surface area contributed by atoms with E-state index in [2.05, 4.69) is 21.9 Å². The van der Waals surface area contributed by atoms with E-state index in [9.17, 15) is 0 Å². The van der Waals surface area contributed by atoms with Crippen LogP contribution in [0.25, 0.3) is 11.2 Å². The second-order valence-corrected chi connectivity index (χ2v) is 2.68. The summed E-state index contributed by atoms with van der Waals surface area (Å²) in [5.41, 5.74) is 8.26. The van der Waals surface area contributed by atoms with E-state index in [0.717, 1.165) is 23.3 Å². The molecule has 2 rings (SSSR count). The minimum absolute atomic E-state index is 0.451. The second-order valence-electron chi connectivity index (χ2n) is 2.68. The topological polar surface area (TPSA) is 67.6 Å². The number of nitrogens with two attached hydrogens (primary N) is 1. The van der Waals surface area contributed by atoms with Crippen molar-refractivity contribution in [3.63, 3.8) is 0 Å². The number of nitrogen functional groups attached to an aromatic ring is 1. The third kappa shape index (κ3) is 1.01. The van der Waals surface area contributed by atoms with Crippen LogP contribution in [0, 0.1) is 0 Å². The molecule has 0 saturated carbocycles. The fourth-order valence-electron chi connectivity index (χ4n) is 1.15. The van der Waals surface area contributed by atoms with Crippen LogP contribution in [-0.2, 0) is 6.42 Å². The summed E-state index contributed by atoms with van der Waals surface area (Å²) >= 11 is 0. The maximum atomic E-state index is 5.48. The van der Waals surface area contributed by atoms with Gasteiger partial charge in [0.25, 0.3) is 0 Å². The van der Waals surface area contributed by atoms with Crippen molar-refractivity contribution in [2.24, 2.45) is 0 Å². The summed E-state index contributed by atoms with van der Waals surface area (Å²) in [7, 11) is 0. The number of nitrogens with one attached hydrogen (secondary N) is 1. The molecule has 0 atom stereocenters. The minimum Gasteiger partial charge on any atom is -0.382 e. The highest BCUT2D eigenvalue weighted by Gasteiger charge is 2.00. The SMILES string of the molecule is CCc1cc2ncc(N)nc2[nH]1. The Kier molecular flexibility index (Phi) is 1.46. The zero-order valence-corrected chi connectivity index (χ0v) is 6.83. The number of hydrogen-bond acceptors (Lipinski definition) is 3. The van der Waals surface area contributed by atoms with Crippen molar-refractivity contribution >= 4 is 17.0 Å². The van der Waals surface area contributed by atoms with Gasteiger partial charge in [0.05, 0.1) is 6.20 Å². The number of fused-ring (bicyclic) bond motifs is 1. The van der Waals surface area contributed by atoms with Gasteiger partial charge in [0.15, 0.2) is 5.65 Å². The Hall–Kier alpha value is -1.58. The van der Waals surface area contributed by atoms with Crippen molar-refractivity contribution < 1.29 is 0 Å². The maximum Gasteiger partial charge on any atom is 0.158 e. The third-order valence-corrected chi connectivity index (χ3v) is 1.79. The van der Waals surface area contributed by atoms with Crippen LogP contribution in [0.15, 0.2) is 12.3 Å². The lowest BCUT2D eigenvalue weighted by Crippen LogP contribution is -1.90. The van der Waals surface area contributed by atoms with Crippen LogP contribution in [0.4, 0.5) is 5.82 Å². The van der Waals surface area contributed by atoms with E-state index in [1.165, 1.54) is 0 Å². The van der Waals surface area contributed by atoms with E-state index < -0.39 is 0 Å². The molecule has 2 heterocycles. The zero-order chi connectivity index (χ0) is 8.55. The van der Waals surface area contributed by atoms with Gasteiger partial charge in [-0.3, -0.25) is 0 Å². The fraction of sp³-hybridized carbons (Fsp3) is 0.250. The quantitative estimate of drug-likeness (QED) is 0.659. The molecular formula is C8H10N4. The van der Waals surface area contributed by atoms with E-state index in [-0.39, 0.29) is 0 Å². The molecule has 0 spiro atoms. The number of H-pyrrole nitrogens is 1. The van der Waals surface area contributed by atoms with Gasteiger partial charge in [-0.25, -0.2) is 9.97 Å². The second kappa shape index (κ2) is 2.48. The van der Waals surface area contributed by atoms with Crippen molar-refractivity contribution in [3.8, 4) is 0 Å². The highest BCUT2D eigenvalue weighted by atomic mass is 15.0. The van der Waals surface area contributed by atoms with Crippen LogP contribution >= 0.6 is 0 Å². The van der Waals surface area contributed by atoms with Crippen LogP contribution in [0.1, 0.15) is 12.6 Å². The molecule has 0 aliphatic carbocycles. The molecule has 0 unspecified atom stereocenters. The normalized spacial score (nSPS) is 10.8. The summed E-state index contributed by atoms with van der Waals surface area (Å²) in [5.74, 6) is 0.451. The summed E-state index contributed by atoms with van der Waals surface area (Å²) in [6.07, 6.45) is 2.52. The molecule has 12 heavy (non-hydrogen) atoms. The van der Waals surface area contributed by atoms with Gasteiger partial charge in [0.1, 0.15) is 11.3 Å².